The number of imidazole rings is 1. The second-order valence-corrected chi connectivity index (χ2v) is 5.60. The molecule has 1 saturated heterocycles. The summed E-state index contributed by atoms with van der Waals surface area (Å²) in [6.07, 6.45) is 1.20. The molecular formula is C12H19N3O2S. The first-order valence-corrected chi connectivity index (χ1v) is 7.36. The van der Waals surface area contributed by atoms with Gasteiger partial charge in [-0.2, -0.15) is 11.8 Å². The predicted octanol–water partition coefficient (Wildman–Crippen LogP) is 1.70. The van der Waals surface area contributed by atoms with E-state index < -0.39 is 5.97 Å². The molecule has 0 bridgehead atoms. The Morgan fingerprint density at radius 1 is 1.67 bits per heavy atom. The molecule has 1 aliphatic heterocycles. The van der Waals surface area contributed by atoms with Crippen molar-refractivity contribution >= 4 is 23.5 Å². The Kier molecular flexibility index (Phi) is 4.16. The zero-order valence-electron chi connectivity index (χ0n) is 10.8. The molecule has 1 aromatic rings. The molecule has 0 spiro atoms. The van der Waals surface area contributed by atoms with Gasteiger partial charge in [0.2, 0.25) is 0 Å². The van der Waals surface area contributed by atoms with E-state index in [1.165, 1.54) is 12.2 Å². The van der Waals surface area contributed by atoms with Crippen LogP contribution in [0.3, 0.4) is 0 Å². The Labute approximate surface area is 111 Å². The van der Waals surface area contributed by atoms with Gasteiger partial charge in [0.25, 0.3) is 0 Å². The molecule has 18 heavy (non-hydrogen) atoms. The number of ether oxygens (including phenoxy) is 1. The molecule has 100 valence electrons. The number of esters is 1. The Hall–Kier alpha value is -1.17. The zero-order chi connectivity index (χ0) is 13.1. The predicted molar refractivity (Wildman–Crippen MR) is 72.8 cm³/mol. The van der Waals surface area contributed by atoms with E-state index in [0.717, 1.165) is 18.1 Å². The van der Waals surface area contributed by atoms with Gasteiger partial charge in [-0.15, -0.1) is 0 Å². The molecule has 0 saturated carbocycles. The van der Waals surface area contributed by atoms with E-state index in [1.54, 1.807) is 6.92 Å². The molecule has 0 aromatic carbocycles. The zero-order valence-corrected chi connectivity index (χ0v) is 11.6. The molecule has 6 heteroatoms. The first-order valence-electron chi connectivity index (χ1n) is 6.21. The minimum Gasteiger partial charge on any atom is -0.461 e. The van der Waals surface area contributed by atoms with Crippen molar-refractivity contribution in [1.82, 2.24) is 9.55 Å². The van der Waals surface area contributed by atoms with Crippen LogP contribution >= 0.6 is 11.8 Å². The van der Waals surface area contributed by atoms with Gasteiger partial charge in [0.15, 0.2) is 5.69 Å². The number of thioether (sulfide) groups is 1. The highest BCUT2D eigenvalue weighted by Gasteiger charge is 2.23. The number of aromatic nitrogens is 2. The summed E-state index contributed by atoms with van der Waals surface area (Å²) in [5.74, 6) is 3.78. The summed E-state index contributed by atoms with van der Waals surface area (Å²) in [5.41, 5.74) is 6.26. The van der Waals surface area contributed by atoms with Crippen LogP contribution in [-0.4, -0.2) is 33.6 Å². The van der Waals surface area contributed by atoms with E-state index >= 15 is 0 Å². The molecule has 2 N–H and O–H groups in total. The number of nitrogens with zero attached hydrogens (tertiary/aromatic N) is 2. The van der Waals surface area contributed by atoms with Gasteiger partial charge in [-0.25, -0.2) is 9.78 Å². The third kappa shape index (κ3) is 2.63. The lowest BCUT2D eigenvalue weighted by Crippen LogP contribution is -2.14. The number of nitrogens with two attached hydrogens (primary N) is 1. The van der Waals surface area contributed by atoms with E-state index in [4.69, 9.17) is 10.5 Å². The average molecular weight is 269 g/mol. The van der Waals surface area contributed by atoms with E-state index in [1.807, 2.05) is 23.3 Å². The van der Waals surface area contributed by atoms with E-state index in [0.29, 0.717) is 18.3 Å². The van der Waals surface area contributed by atoms with Crippen LogP contribution < -0.4 is 5.73 Å². The standard InChI is InChI=1S/C12H19N3O2S/c1-3-17-12(16)10-11(13)15(8(2)14-10)6-9-4-5-18-7-9/h9H,3-7,13H2,1-2H3. The lowest BCUT2D eigenvalue weighted by Gasteiger charge is -2.12. The Bertz CT molecular complexity index is 439. The quantitative estimate of drug-likeness (QED) is 0.842. The third-order valence-corrected chi connectivity index (χ3v) is 4.36. The molecule has 0 aliphatic carbocycles. The Balaban J connectivity index is 2.17. The van der Waals surface area contributed by atoms with Crippen molar-refractivity contribution in [1.29, 1.82) is 0 Å². The van der Waals surface area contributed by atoms with E-state index in [9.17, 15) is 4.79 Å². The monoisotopic (exact) mass is 269 g/mol. The molecule has 5 nitrogen and oxygen atoms in total. The number of nitrogen functional groups attached to an aromatic ring is 1. The fourth-order valence-electron chi connectivity index (χ4n) is 2.15. The number of rotatable bonds is 4. The largest absolute Gasteiger partial charge is 0.461 e. The van der Waals surface area contributed by atoms with Crippen LogP contribution in [0.15, 0.2) is 0 Å². The fraction of sp³-hybridized carbons (Fsp3) is 0.667. The number of hydrogen-bond donors (Lipinski definition) is 1. The molecule has 2 heterocycles. The van der Waals surface area contributed by atoms with Gasteiger partial charge in [0.1, 0.15) is 11.6 Å². The maximum Gasteiger partial charge on any atom is 0.360 e. The third-order valence-electron chi connectivity index (χ3n) is 3.13. The molecule has 1 unspecified atom stereocenters. The molecule has 1 atom stereocenters. The van der Waals surface area contributed by atoms with Gasteiger partial charge in [0.05, 0.1) is 6.61 Å². The van der Waals surface area contributed by atoms with Crippen LogP contribution in [0.4, 0.5) is 5.82 Å². The lowest BCUT2D eigenvalue weighted by molar-refractivity contribution is 0.0521. The first kappa shape index (κ1) is 13.3. The van der Waals surface area contributed by atoms with Crippen LogP contribution in [0.25, 0.3) is 0 Å². The van der Waals surface area contributed by atoms with Gasteiger partial charge in [-0.1, -0.05) is 0 Å². The van der Waals surface area contributed by atoms with Crippen molar-refractivity contribution in [3.63, 3.8) is 0 Å². The number of carbonyl (C=O) groups excluding carboxylic acids is 1. The molecule has 0 radical (unpaired) electrons. The number of hydrogen-bond acceptors (Lipinski definition) is 5. The minimum atomic E-state index is -0.433. The van der Waals surface area contributed by atoms with Crippen molar-refractivity contribution in [2.24, 2.45) is 5.92 Å². The molecule has 1 aromatic heterocycles. The second-order valence-electron chi connectivity index (χ2n) is 4.45. The van der Waals surface area contributed by atoms with Gasteiger partial charge >= 0.3 is 5.97 Å². The molecule has 0 amide bonds. The molecule has 1 fully saturated rings. The summed E-state index contributed by atoms with van der Waals surface area (Å²) in [7, 11) is 0. The summed E-state index contributed by atoms with van der Waals surface area (Å²) in [6, 6.07) is 0. The van der Waals surface area contributed by atoms with Crippen molar-refractivity contribution in [3.8, 4) is 0 Å². The average Bonchev–Trinajstić information content (AvgIpc) is 2.93. The number of carbonyl (C=O) groups is 1. The normalized spacial score (nSPS) is 19.1. The summed E-state index contributed by atoms with van der Waals surface area (Å²) in [4.78, 5) is 15.9. The summed E-state index contributed by atoms with van der Waals surface area (Å²) >= 11 is 1.97. The Morgan fingerprint density at radius 3 is 3.06 bits per heavy atom. The van der Waals surface area contributed by atoms with Crippen molar-refractivity contribution < 1.29 is 9.53 Å². The fourth-order valence-corrected chi connectivity index (χ4v) is 3.42. The SMILES string of the molecule is CCOC(=O)c1nc(C)n(CC2CCSC2)c1N. The van der Waals surface area contributed by atoms with Crippen LogP contribution in [0.1, 0.15) is 29.7 Å². The van der Waals surface area contributed by atoms with Crippen molar-refractivity contribution in [2.45, 2.75) is 26.8 Å². The van der Waals surface area contributed by atoms with Gasteiger partial charge < -0.3 is 15.0 Å². The summed E-state index contributed by atoms with van der Waals surface area (Å²) < 4.78 is 6.88. The maximum absolute atomic E-state index is 11.7. The highest BCUT2D eigenvalue weighted by atomic mass is 32.2. The van der Waals surface area contributed by atoms with E-state index in [-0.39, 0.29) is 5.69 Å². The maximum atomic E-state index is 11.7. The summed E-state index contributed by atoms with van der Waals surface area (Å²) in [6.45, 7) is 4.83. The first-order chi connectivity index (χ1) is 8.63. The number of aryl methyl sites for hydroxylation is 1. The van der Waals surface area contributed by atoms with Gasteiger partial charge in [-0.3, -0.25) is 0 Å². The molecule has 1 aliphatic rings. The topological polar surface area (TPSA) is 70.1 Å². The Morgan fingerprint density at radius 2 is 2.44 bits per heavy atom. The lowest BCUT2D eigenvalue weighted by atomic mass is 10.1. The van der Waals surface area contributed by atoms with Crippen LogP contribution in [0, 0.1) is 12.8 Å². The number of anilines is 1. The second kappa shape index (κ2) is 5.65. The highest BCUT2D eigenvalue weighted by Crippen LogP contribution is 2.27. The van der Waals surface area contributed by atoms with Crippen LogP contribution in [-0.2, 0) is 11.3 Å². The highest BCUT2D eigenvalue weighted by molar-refractivity contribution is 7.99. The summed E-state index contributed by atoms with van der Waals surface area (Å²) in [5, 5.41) is 0. The minimum absolute atomic E-state index is 0.250. The van der Waals surface area contributed by atoms with Crippen LogP contribution in [0.2, 0.25) is 0 Å². The molecular weight excluding hydrogens is 250 g/mol. The van der Waals surface area contributed by atoms with E-state index in [2.05, 4.69) is 4.98 Å². The smallest absolute Gasteiger partial charge is 0.360 e. The van der Waals surface area contributed by atoms with Gasteiger partial charge in [0, 0.05) is 6.54 Å². The van der Waals surface area contributed by atoms with Gasteiger partial charge in [-0.05, 0) is 37.7 Å². The van der Waals surface area contributed by atoms with Crippen LogP contribution in [0.5, 0.6) is 0 Å². The molecule has 2 rings (SSSR count). The van der Waals surface area contributed by atoms with Crippen molar-refractivity contribution in [2.75, 3.05) is 23.8 Å². The van der Waals surface area contributed by atoms with Crippen molar-refractivity contribution in [3.05, 3.63) is 11.5 Å².